The van der Waals surface area contributed by atoms with Gasteiger partial charge in [0.1, 0.15) is 11.5 Å². The van der Waals surface area contributed by atoms with Gasteiger partial charge in [-0.3, -0.25) is 0 Å². The Bertz CT molecular complexity index is 671. The lowest BCUT2D eigenvalue weighted by Gasteiger charge is -2.11. The Balaban J connectivity index is 2.85. The minimum atomic E-state index is -1.09. The number of hydrogen-bond donors (Lipinski definition) is 2. The van der Waals surface area contributed by atoms with Crippen molar-refractivity contribution in [1.29, 1.82) is 0 Å². The Hall–Kier alpha value is -2.76. The molecular formula is C20H26O6. The maximum Gasteiger partial charge on any atom is 0.341 e. The van der Waals surface area contributed by atoms with Crippen molar-refractivity contribution in [3.05, 3.63) is 41.5 Å². The first kappa shape index (κ1) is 21.3. The highest BCUT2D eigenvalue weighted by atomic mass is 16.5. The Kier molecular flexibility index (Phi) is 8.98. The van der Waals surface area contributed by atoms with Crippen LogP contribution < -0.4 is 9.47 Å². The number of carboxylic acids is 2. The first-order valence-electron chi connectivity index (χ1n) is 8.42. The molecule has 0 spiro atoms. The second-order valence-corrected chi connectivity index (χ2v) is 6.26. The fourth-order valence-electron chi connectivity index (χ4n) is 2.15. The summed E-state index contributed by atoms with van der Waals surface area (Å²) in [5.74, 6) is -1.19. The smallest absolute Gasteiger partial charge is 0.341 e. The van der Waals surface area contributed by atoms with Gasteiger partial charge in [0.25, 0.3) is 0 Å². The van der Waals surface area contributed by atoms with E-state index in [1.54, 1.807) is 12.1 Å². The lowest BCUT2D eigenvalue weighted by atomic mass is 10.0. The van der Waals surface area contributed by atoms with Gasteiger partial charge in [-0.05, 0) is 44.7 Å². The number of rotatable bonds is 11. The molecule has 0 aromatic heterocycles. The summed E-state index contributed by atoms with van der Waals surface area (Å²) in [6.07, 6.45) is 8.12. The number of benzene rings is 1. The third kappa shape index (κ3) is 8.92. The molecule has 0 aliphatic rings. The summed E-state index contributed by atoms with van der Waals surface area (Å²) < 4.78 is 10.4. The molecule has 2 N–H and O–H groups in total. The van der Waals surface area contributed by atoms with Crippen LogP contribution in [-0.2, 0) is 9.59 Å². The van der Waals surface area contributed by atoms with Gasteiger partial charge < -0.3 is 19.7 Å². The van der Waals surface area contributed by atoms with Gasteiger partial charge in [-0.1, -0.05) is 30.7 Å². The van der Waals surface area contributed by atoms with Crippen LogP contribution in [0.15, 0.2) is 35.9 Å². The Morgan fingerprint density at radius 3 is 2.38 bits per heavy atom. The monoisotopic (exact) mass is 362 g/mol. The van der Waals surface area contributed by atoms with Gasteiger partial charge in [0.2, 0.25) is 0 Å². The van der Waals surface area contributed by atoms with Crippen molar-refractivity contribution in [3.8, 4) is 11.5 Å². The van der Waals surface area contributed by atoms with Crippen molar-refractivity contribution in [3.63, 3.8) is 0 Å². The quantitative estimate of drug-likeness (QED) is 0.578. The molecule has 1 unspecified atom stereocenters. The summed E-state index contributed by atoms with van der Waals surface area (Å²) in [7, 11) is 0. The molecule has 26 heavy (non-hydrogen) atoms. The van der Waals surface area contributed by atoms with Crippen LogP contribution in [0.25, 0.3) is 6.08 Å². The van der Waals surface area contributed by atoms with Crippen molar-refractivity contribution in [1.82, 2.24) is 0 Å². The van der Waals surface area contributed by atoms with Crippen LogP contribution in [-0.4, -0.2) is 35.4 Å². The maximum atomic E-state index is 10.8. The van der Waals surface area contributed by atoms with Crippen molar-refractivity contribution in [2.24, 2.45) is 5.92 Å². The zero-order valence-corrected chi connectivity index (χ0v) is 15.4. The van der Waals surface area contributed by atoms with Crippen LogP contribution in [0.5, 0.6) is 11.5 Å². The summed E-state index contributed by atoms with van der Waals surface area (Å²) in [5, 5.41) is 17.5. The number of carbonyl (C=O) groups is 2. The van der Waals surface area contributed by atoms with Crippen molar-refractivity contribution >= 4 is 18.0 Å². The highest BCUT2D eigenvalue weighted by Gasteiger charge is 2.08. The lowest BCUT2D eigenvalue weighted by molar-refractivity contribution is -0.140. The first-order chi connectivity index (χ1) is 12.3. The predicted molar refractivity (Wildman–Crippen MR) is 99.6 cm³/mol. The second-order valence-electron chi connectivity index (χ2n) is 6.26. The fourth-order valence-corrected chi connectivity index (χ4v) is 2.15. The van der Waals surface area contributed by atoms with Gasteiger partial charge in [-0.2, -0.15) is 0 Å². The van der Waals surface area contributed by atoms with E-state index in [9.17, 15) is 9.59 Å². The molecule has 0 aliphatic heterocycles. The third-order valence-electron chi connectivity index (χ3n) is 3.48. The number of allylic oxidation sites excluding steroid dienone is 3. The Labute approximate surface area is 153 Å². The molecule has 0 amide bonds. The van der Waals surface area contributed by atoms with Crippen LogP contribution in [0, 0.1) is 5.92 Å². The van der Waals surface area contributed by atoms with Gasteiger partial charge in [0.15, 0.2) is 13.2 Å². The van der Waals surface area contributed by atoms with Gasteiger partial charge in [-0.15, -0.1) is 0 Å². The molecule has 142 valence electrons. The molecule has 0 saturated carbocycles. The van der Waals surface area contributed by atoms with E-state index in [1.807, 2.05) is 12.2 Å². The molecule has 1 atom stereocenters. The minimum absolute atomic E-state index is 0.307. The molecule has 0 saturated heterocycles. The zero-order chi connectivity index (χ0) is 19.5. The maximum absolute atomic E-state index is 10.8. The van der Waals surface area contributed by atoms with Crippen LogP contribution in [0.3, 0.4) is 0 Å². The number of hydrogen-bond acceptors (Lipinski definition) is 4. The van der Waals surface area contributed by atoms with Gasteiger partial charge in [0.05, 0.1) is 0 Å². The summed E-state index contributed by atoms with van der Waals surface area (Å²) in [6.45, 7) is 5.28. The van der Waals surface area contributed by atoms with E-state index >= 15 is 0 Å². The molecule has 1 rings (SSSR count). The zero-order valence-electron chi connectivity index (χ0n) is 15.4. The summed E-state index contributed by atoms with van der Waals surface area (Å²) in [6, 6.07) is 4.84. The van der Waals surface area contributed by atoms with Gasteiger partial charge in [-0.25, -0.2) is 9.59 Å². The van der Waals surface area contributed by atoms with Gasteiger partial charge in [0, 0.05) is 11.6 Å². The van der Waals surface area contributed by atoms with E-state index in [-0.39, 0.29) is 0 Å². The average Bonchev–Trinajstić information content (AvgIpc) is 2.56. The highest BCUT2D eigenvalue weighted by Crippen LogP contribution is 2.27. The van der Waals surface area contributed by atoms with Crippen molar-refractivity contribution < 1.29 is 29.3 Å². The topological polar surface area (TPSA) is 93.1 Å². The SMILES string of the molecule is CC(C)=CCCC(C)C=Cc1ccc(OCC(=O)O)cc1OCC(=O)O. The molecule has 1 aromatic carbocycles. The lowest BCUT2D eigenvalue weighted by Crippen LogP contribution is -2.11. The predicted octanol–water partition coefficient (Wildman–Crippen LogP) is 4.01. The van der Waals surface area contributed by atoms with Crippen LogP contribution >= 0.6 is 0 Å². The first-order valence-corrected chi connectivity index (χ1v) is 8.42. The normalized spacial score (nSPS) is 11.8. The number of aliphatic carboxylic acids is 2. The molecule has 0 heterocycles. The standard InChI is InChI=1S/C20H26O6/c1-14(2)5-4-6-15(3)7-8-16-9-10-17(25-12-19(21)22)11-18(16)26-13-20(23)24/h5,7-11,15H,4,6,12-13H2,1-3H3,(H,21,22)(H,23,24). The van der Waals surface area contributed by atoms with Crippen LogP contribution in [0.2, 0.25) is 0 Å². The average molecular weight is 362 g/mol. The molecule has 6 heteroatoms. The molecule has 0 aliphatic carbocycles. The Morgan fingerprint density at radius 2 is 1.77 bits per heavy atom. The van der Waals surface area contributed by atoms with Crippen molar-refractivity contribution in [2.75, 3.05) is 13.2 Å². The van der Waals surface area contributed by atoms with Crippen LogP contribution in [0.1, 0.15) is 39.2 Å². The number of carboxylic acid groups (broad SMARTS) is 2. The largest absolute Gasteiger partial charge is 0.482 e. The second kappa shape index (κ2) is 11.0. The van der Waals surface area contributed by atoms with E-state index in [0.717, 1.165) is 12.8 Å². The fraction of sp³-hybridized carbons (Fsp3) is 0.400. The van der Waals surface area contributed by atoms with E-state index < -0.39 is 25.2 Å². The molecule has 6 nitrogen and oxygen atoms in total. The molecule has 0 radical (unpaired) electrons. The molecule has 0 bridgehead atoms. The molecule has 1 aromatic rings. The minimum Gasteiger partial charge on any atom is -0.482 e. The summed E-state index contributed by atoms with van der Waals surface area (Å²) in [4.78, 5) is 21.4. The molecular weight excluding hydrogens is 336 g/mol. The third-order valence-corrected chi connectivity index (χ3v) is 3.48. The molecule has 0 fully saturated rings. The van der Waals surface area contributed by atoms with E-state index in [0.29, 0.717) is 23.0 Å². The number of ether oxygens (including phenoxy) is 2. The van der Waals surface area contributed by atoms with E-state index in [4.69, 9.17) is 19.7 Å². The van der Waals surface area contributed by atoms with Crippen molar-refractivity contribution in [2.45, 2.75) is 33.6 Å². The van der Waals surface area contributed by atoms with Crippen LogP contribution in [0.4, 0.5) is 0 Å². The highest BCUT2D eigenvalue weighted by molar-refractivity contribution is 5.70. The van der Waals surface area contributed by atoms with Gasteiger partial charge >= 0.3 is 11.9 Å². The summed E-state index contributed by atoms with van der Waals surface area (Å²) >= 11 is 0. The Morgan fingerprint density at radius 1 is 1.12 bits per heavy atom. The summed E-state index contributed by atoms with van der Waals surface area (Å²) in [5.41, 5.74) is 2.01. The van der Waals surface area contributed by atoms with E-state index in [1.165, 1.54) is 11.6 Å². The van der Waals surface area contributed by atoms with E-state index in [2.05, 4.69) is 26.8 Å².